The normalized spacial score (nSPS) is 17.2. The zero-order valence-electron chi connectivity index (χ0n) is 14.1. The van der Waals surface area contributed by atoms with Gasteiger partial charge in [0, 0.05) is 24.8 Å². The van der Waals surface area contributed by atoms with E-state index in [9.17, 15) is 21.6 Å². The van der Waals surface area contributed by atoms with E-state index >= 15 is 0 Å². The van der Waals surface area contributed by atoms with Crippen molar-refractivity contribution in [2.45, 2.75) is 30.2 Å². The Morgan fingerprint density at radius 3 is 2.23 bits per heavy atom. The highest BCUT2D eigenvalue weighted by molar-refractivity contribution is 7.89. The van der Waals surface area contributed by atoms with Crippen LogP contribution in [0, 0.1) is 24.4 Å². The van der Waals surface area contributed by atoms with Crippen LogP contribution >= 0.6 is 0 Å². The molecule has 0 atom stereocenters. The molecule has 1 heterocycles. The summed E-state index contributed by atoms with van der Waals surface area (Å²) in [6.07, 6.45) is 0.379. The van der Waals surface area contributed by atoms with Gasteiger partial charge in [0.25, 0.3) is 0 Å². The van der Waals surface area contributed by atoms with Crippen LogP contribution in [0.2, 0.25) is 0 Å². The van der Waals surface area contributed by atoms with Crippen LogP contribution in [-0.4, -0.2) is 21.6 Å². The minimum atomic E-state index is -4.07. The van der Waals surface area contributed by atoms with Crippen LogP contribution in [-0.2, 0) is 20.3 Å². The summed E-state index contributed by atoms with van der Waals surface area (Å²) in [4.78, 5) is -0.0905. The van der Waals surface area contributed by atoms with Gasteiger partial charge in [-0.3, -0.25) is 0 Å². The van der Waals surface area contributed by atoms with Crippen molar-refractivity contribution in [1.29, 1.82) is 0 Å². The molecular formula is C18H18F3NO3S. The SMILES string of the molecule is Cc1cc(F)ccc1S(=O)(=O)NC1(c2ccc(F)cc2F)CCOCC1. The van der Waals surface area contributed by atoms with E-state index in [1.54, 1.807) is 0 Å². The average molecular weight is 385 g/mol. The lowest BCUT2D eigenvalue weighted by Gasteiger charge is -2.38. The minimum Gasteiger partial charge on any atom is -0.381 e. The number of sulfonamides is 1. The molecule has 0 radical (unpaired) electrons. The van der Waals surface area contributed by atoms with Crippen molar-refractivity contribution >= 4 is 10.0 Å². The molecule has 1 N–H and O–H groups in total. The molecule has 2 aromatic carbocycles. The van der Waals surface area contributed by atoms with Gasteiger partial charge >= 0.3 is 0 Å². The van der Waals surface area contributed by atoms with Gasteiger partial charge in [-0.1, -0.05) is 6.07 Å². The number of rotatable bonds is 4. The molecule has 0 unspecified atom stereocenters. The van der Waals surface area contributed by atoms with Gasteiger partial charge in [-0.2, -0.15) is 0 Å². The summed E-state index contributed by atoms with van der Waals surface area (Å²) in [6, 6.07) is 6.40. The maximum atomic E-state index is 14.4. The predicted molar refractivity (Wildman–Crippen MR) is 89.5 cm³/mol. The Morgan fingerprint density at radius 2 is 1.62 bits per heavy atom. The lowest BCUT2D eigenvalue weighted by molar-refractivity contribution is 0.0446. The summed E-state index contributed by atoms with van der Waals surface area (Å²) in [5.41, 5.74) is -0.972. The first-order valence-electron chi connectivity index (χ1n) is 8.07. The van der Waals surface area contributed by atoms with Gasteiger partial charge in [0.05, 0.1) is 10.4 Å². The van der Waals surface area contributed by atoms with Crippen molar-refractivity contribution in [3.05, 3.63) is 65.0 Å². The zero-order valence-corrected chi connectivity index (χ0v) is 14.9. The minimum absolute atomic E-state index is 0.0607. The van der Waals surface area contributed by atoms with Gasteiger partial charge < -0.3 is 4.74 Å². The number of benzene rings is 2. The molecule has 1 aliphatic heterocycles. The molecule has 26 heavy (non-hydrogen) atoms. The Kier molecular flexibility index (Phi) is 5.09. The summed E-state index contributed by atoms with van der Waals surface area (Å²) in [7, 11) is -4.07. The van der Waals surface area contributed by atoms with E-state index in [1.807, 2.05) is 0 Å². The number of ether oxygens (including phenoxy) is 1. The van der Waals surface area contributed by atoms with E-state index < -0.39 is 33.0 Å². The molecule has 2 aromatic rings. The summed E-state index contributed by atoms with van der Waals surface area (Å²) in [5, 5.41) is 0. The number of hydrogen-bond acceptors (Lipinski definition) is 3. The van der Waals surface area contributed by atoms with Crippen LogP contribution in [0.1, 0.15) is 24.0 Å². The molecule has 0 spiro atoms. The standard InChI is InChI=1S/C18H18F3NO3S/c1-12-10-13(19)3-5-17(12)26(23,24)22-18(6-8-25-9-7-18)15-4-2-14(20)11-16(15)21/h2-5,10-11,22H,6-9H2,1H3. The molecule has 0 bridgehead atoms. The maximum Gasteiger partial charge on any atom is 0.241 e. The van der Waals surface area contributed by atoms with Crippen molar-refractivity contribution in [2.75, 3.05) is 13.2 Å². The highest BCUT2D eigenvalue weighted by Crippen LogP contribution is 2.36. The first-order chi connectivity index (χ1) is 12.2. The molecule has 1 aliphatic rings. The summed E-state index contributed by atoms with van der Waals surface area (Å²) >= 11 is 0. The molecule has 1 saturated heterocycles. The van der Waals surface area contributed by atoms with Crippen LogP contribution in [0.25, 0.3) is 0 Å². The van der Waals surface area contributed by atoms with Crippen LogP contribution in [0.5, 0.6) is 0 Å². The van der Waals surface area contributed by atoms with Gasteiger partial charge in [-0.05, 0) is 49.6 Å². The Bertz CT molecular complexity index is 925. The van der Waals surface area contributed by atoms with Crippen LogP contribution in [0.15, 0.2) is 41.3 Å². The summed E-state index contributed by atoms with van der Waals surface area (Å²) in [5.74, 6) is -2.12. The predicted octanol–water partition coefficient (Wildman–Crippen LogP) is 3.40. The Morgan fingerprint density at radius 1 is 1.00 bits per heavy atom. The average Bonchev–Trinajstić information content (AvgIpc) is 2.54. The second kappa shape index (κ2) is 7.02. The number of halogens is 3. The largest absolute Gasteiger partial charge is 0.381 e. The molecule has 0 aliphatic carbocycles. The molecule has 0 amide bonds. The lowest BCUT2D eigenvalue weighted by Crippen LogP contribution is -2.50. The van der Waals surface area contributed by atoms with Crippen LogP contribution < -0.4 is 4.72 Å². The fourth-order valence-electron chi connectivity index (χ4n) is 3.25. The number of nitrogens with one attached hydrogen (secondary N) is 1. The fourth-order valence-corrected chi connectivity index (χ4v) is 4.92. The van der Waals surface area contributed by atoms with Crippen molar-refractivity contribution in [2.24, 2.45) is 0 Å². The molecular weight excluding hydrogens is 367 g/mol. The number of hydrogen-bond donors (Lipinski definition) is 1. The molecule has 4 nitrogen and oxygen atoms in total. The van der Waals surface area contributed by atoms with E-state index in [-0.39, 0.29) is 42.1 Å². The monoisotopic (exact) mass is 385 g/mol. The third-order valence-corrected chi connectivity index (χ3v) is 6.25. The Hall–Kier alpha value is -1.90. The number of aryl methyl sites for hydroxylation is 1. The van der Waals surface area contributed by atoms with E-state index in [4.69, 9.17) is 4.74 Å². The third-order valence-electron chi connectivity index (χ3n) is 4.55. The van der Waals surface area contributed by atoms with Crippen molar-refractivity contribution in [3.63, 3.8) is 0 Å². The van der Waals surface area contributed by atoms with Crippen molar-refractivity contribution in [3.8, 4) is 0 Å². The van der Waals surface area contributed by atoms with Crippen molar-refractivity contribution in [1.82, 2.24) is 4.72 Å². The van der Waals surface area contributed by atoms with Gasteiger partial charge in [0.1, 0.15) is 17.5 Å². The van der Waals surface area contributed by atoms with E-state index in [0.29, 0.717) is 0 Å². The Balaban J connectivity index is 2.06. The third kappa shape index (κ3) is 3.62. The second-order valence-electron chi connectivity index (χ2n) is 6.33. The first kappa shape index (κ1) is 18.9. The molecule has 0 saturated carbocycles. The van der Waals surface area contributed by atoms with Gasteiger partial charge in [-0.25, -0.2) is 26.3 Å². The Labute approximate surface area is 150 Å². The second-order valence-corrected chi connectivity index (χ2v) is 7.98. The van der Waals surface area contributed by atoms with Crippen LogP contribution in [0.3, 0.4) is 0 Å². The zero-order chi connectivity index (χ0) is 18.9. The molecule has 8 heteroatoms. The quantitative estimate of drug-likeness (QED) is 0.878. The molecule has 140 valence electrons. The van der Waals surface area contributed by atoms with Gasteiger partial charge in [-0.15, -0.1) is 0 Å². The van der Waals surface area contributed by atoms with Gasteiger partial charge in [0.15, 0.2) is 0 Å². The van der Waals surface area contributed by atoms with Gasteiger partial charge in [0.2, 0.25) is 10.0 Å². The van der Waals surface area contributed by atoms with E-state index in [0.717, 1.165) is 24.3 Å². The van der Waals surface area contributed by atoms with Crippen LogP contribution in [0.4, 0.5) is 13.2 Å². The molecule has 0 aromatic heterocycles. The topological polar surface area (TPSA) is 55.4 Å². The smallest absolute Gasteiger partial charge is 0.241 e. The maximum absolute atomic E-state index is 14.4. The van der Waals surface area contributed by atoms with E-state index in [2.05, 4.69) is 4.72 Å². The van der Waals surface area contributed by atoms with E-state index in [1.165, 1.54) is 19.1 Å². The highest BCUT2D eigenvalue weighted by Gasteiger charge is 2.40. The lowest BCUT2D eigenvalue weighted by atomic mass is 9.83. The first-order valence-corrected chi connectivity index (χ1v) is 9.55. The summed E-state index contributed by atoms with van der Waals surface area (Å²) < 4.78 is 74.7. The highest BCUT2D eigenvalue weighted by atomic mass is 32.2. The molecule has 1 fully saturated rings. The van der Waals surface area contributed by atoms with Crippen molar-refractivity contribution < 1.29 is 26.3 Å². The summed E-state index contributed by atoms with van der Waals surface area (Å²) in [6.45, 7) is 1.93. The fraction of sp³-hybridized carbons (Fsp3) is 0.333. The molecule has 3 rings (SSSR count).